The lowest BCUT2D eigenvalue weighted by atomic mass is 9.81. The fourth-order valence-electron chi connectivity index (χ4n) is 2.41. The Morgan fingerprint density at radius 3 is 2.57 bits per heavy atom. The van der Waals surface area contributed by atoms with Gasteiger partial charge in [0.25, 0.3) is 0 Å². The highest BCUT2D eigenvalue weighted by Gasteiger charge is 2.24. The Balaban J connectivity index is 2.43. The summed E-state index contributed by atoms with van der Waals surface area (Å²) in [5.41, 5.74) is 0. The van der Waals surface area contributed by atoms with Crippen LogP contribution in [0.5, 0.6) is 0 Å². The number of hydrogen-bond donors (Lipinski definition) is 1. The van der Waals surface area contributed by atoms with Gasteiger partial charge < -0.3 is 4.55 Å². The summed E-state index contributed by atoms with van der Waals surface area (Å²) < 4.78 is 11.0. The van der Waals surface area contributed by atoms with Gasteiger partial charge in [-0.15, -0.1) is 0 Å². The van der Waals surface area contributed by atoms with E-state index in [1.165, 1.54) is 32.1 Å². The first-order chi connectivity index (χ1) is 6.59. The standard InChI is InChI=1S/C11H23NOS/c1-9-4-3-5-10(2)11(7-6-9)8-14(12)13/h9-11H,3-8,12H2,1-2H3/t9?,10?,11-,14?/m0/s1. The summed E-state index contributed by atoms with van der Waals surface area (Å²) in [6.07, 6.45) is 6.47. The molecule has 1 fully saturated rings. The second-order valence-corrected chi connectivity index (χ2v) is 5.99. The van der Waals surface area contributed by atoms with Gasteiger partial charge in [-0.1, -0.05) is 39.5 Å². The second kappa shape index (κ2) is 5.99. The van der Waals surface area contributed by atoms with Crippen LogP contribution >= 0.6 is 0 Å². The average Bonchev–Trinajstić information content (AvgIpc) is 2.09. The molecule has 0 aromatic rings. The quantitative estimate of drug-likeness (QED) is 0.722. The predicted molar refractivity (Wildman–Crippen MR) is 62.1 cm³/mol. The van der Waals surface area contributed by atoms with E-state index in [2.05, 4.69) is 13.8 Å². The van der Waals surface area contributed by atoms with Crippen molar-refractivity contribution in [2.75, 3.05) is 5.75 Å². The summed E-state index contributed by atoms with van der Waals surface area (Å²) in [5, 5.41) is 5.38. The van der Waals surface area contributed by atoms with E-state index in [0.29, 0.717) is 17.6 Å². The maximum atomic E-state index is 11.0. The Kier molecular flexibility index (Phi) is 5.28. The van der Waals surface area contributed by atoms with Crippen LogP contribution in [0.15, 0.2) is 0 Å². The molecule has 0 heterocycles. The van der Waals surface area contributed by atoms with E-state index in [-0.39, 0.29) is 0 Å². The molecule has 3 heteroatoms. The molecule has 1 saturated carbocycles. The van der Waals surface area contributed by atoms with Crippen LogP contribution in [-0.2, 0) is 11.4 Å². The summed E-state index contributed by atoms with van der Waals surface area (Å²) in [5.74, 6) is 2.84. The lowest BCUT2D eigenvalue weighted by molar-refractivity contribution is 0.269. The monoisotopic (exact) mass is 217 g/mol. The topological polar surface area (TPSA) is 49.1 Å². The number of hydrogen-bond acceptors (Lipinski definition) is 2. The third kappa shape index (κ3) is 4.20. The van der Waals surface area contributed by atoms with Crippen molar-refractivity contribution in [3.05, 3.63) is 0 Å². The molecule has 84 valence electrons. The summed E-state index contributed by atoms with van der Waals surface area (Å²) in [4.78, 5) is 0. The van der Waals surface area contributed by atoms with Crippen molar-refractivity contribution < 1.29 is 4.55 Å². The van der Waals surface area contributed by atoms with Gasteiger partial charge in [-0.2, -0.15) is 5.14 Å². The molecule has 3 unspecified atom stereocenters. The largest absolute Gasteiger partial charge is 0.598 e. The van der Waals surface area contributed by atoms with Crippen molar-refractivity contribution in [1.29, 1.82) is 0 Å². The normalized spacial score (nSPS) is 37.3. The molecular formula is C11H23NOS. The third-order valence-corrected chi connectivity index (χ3v) is 4.33. The molecular weight excluding hydrogens is 194 g/mol. The molecule has 0 aliphatic heterocycles. The van der Waals surface area contributed by atoms with Crippen molar-refractivity contribution in [2.24, 2.45) is 22.9 Å². The van der Waals surface area contributed by atoms with Crippen molar-refractivity contribution in [3.63, 3.8) is 0 Å². The van der Waals surface area contributed by atoms with Crippen LogP contribution in [0.4, 0.5) is 0 Å². The first-order valence-corrected chi connectivity index (χ1v) is 7.10. The maximum Gasteiger partial charge on any atom is 0.128 e. The minimum atomic E-state index is -1.11. The van der Waals surface area contributed by atoms with Gasteiger partial charge in [0.1, 0.15) is 5.75 Å². The molecule has 0 bridgehead atoms. The molecule has 14 heavy (non-hydrogen) atoms. The Morgan fingerprint density at radius 1 is 1.21 bits per heavy atom. The molecule has 0 saturated heterocycles. The van der Waals surface area contributed by atoms with Gasteiger partial charge in [0, 0.05) is 17.3 Å². The number of rotatable bonds is 2. The fourth-order valence-corrected chi connectivity index (χ4v) is 3.33. The molecule has 1 aliphatic rings. The minimum Gasteiger partial charge on any atom is -0.598 e. The maximum absolute atomic E-state index is 11.0. The van der Waals surface area contributed by atoms with Gasteiger partial charge in [0.05, 0.1) is 0 Å². The Morgan fingerprint density at radius 2 is 1.93 bits per heavy atom. The van der Waals surface area contributed by atoms with Crippen LogP contribution in [0, 0.1) is 17.8 Å². The molecule has 1 aliphatic carbocycles. The molecule has 4 atom stereocenters. The van der Waals surface area contributed by atoms with Crippen LogP contribution < -0.4 is 5.14 Å². The van der Waals surface area contributed by atoms with E-state index in [1.807, 2.05) is 0 Å². The molecule has 2 N–H and O–H groups in total. The van der Waals surface area contributed by atoms with Crippen LogP contribution in [0.3, 0.4) is 0 Å². The molecule has 0 radical (unpaired) electrons. The zero-order valence-electron chi connectivity index (χ0n) is 9.37. The van der Waals surface area contributed by atoms with E-state index in [0.717, 1.165) is 5.92 Å². The van der Waals surface area contributed by atoms with Crippen LogP contribution in [0.25, 0.3) is 0 Å². The lowest BCUT2D eigenvalue weighted by Crippen LogP contribution is -2.28. The Bertz CT molecular complexity index is 163. The Labute approximate surface area is 91.0 Å². The Hall–Kier alpha value is 0.270. The zero-order chi connectivity index (χ0) is 10.6. The molecule has 0 spiro atoms. The van der Waals surface area contributed by atoms with Gasteiger partial charge in [-0.3, -0.25) is 0 Å². The average molecular weight is 217 g/mol. The SMILES string of the molecule is CC1CCCC(C)[C@H](C[S+](N)[O-])CC1. The van der Waals surface area contributed by atoms with Crippen molar-refractivity contribution in [2.45, 2.75) is 46.0 Å². The van der Waals surface area contributed by atoms with Gasteiger partial charge in [-0.25, -0.2) is 0 Å². The van der Waals surface area contributed by atoms with E-state index < -0.39 is 11.4 Å². The summed E-state index contributed by atoms with van der Waals surface area (Å²) >= 11 is -1.11. The van der Waals surface area contributed by atoms with Gasteiger partial charge in [-0.05, 0) is 18.3 Å². The molecule has 2 nitrogen and oxygen atoms in total. The van der Waals surface area contributed by atoms with Crippen molar-refractivity contribution >= 4 is 11.4 Å². The van der Waals surface area contributed by atoms with Gasteiger partial charge in [0.15, 0.2) is 0 Å². The van der Waals surface area contributed by atoms with E-state index in [9.17, 15) is 4.55 Å². The first-order valence-electron chi connectivity index (χ1n) is 5.72. The lowest BCUT2D eigenvalue weighted by Gasteiger charge is -2.27. The molecule has 0 aromatic carbocycles. The van der Waals surface area contributed by atoms with Gasteiger partial charge in [0.2, 0.25) is 0 Å². The van der Waals surface area contributed by atoms with Gasteiger partial charge >= 0.3 is 0 Å². The summed E-state index contributed by atoms with van der Waals surface area (Å²) in [7, 11) is 0. The van der Waals surface area contributed by atoms with E-state index in [1.54, 1.807) is 0 Å². The highest BCUT2D eigenvalue weighted by molar-refractivity contribution is 7.89. The highest BCUT2D eigenvalue weighted by Crippen LogP contribution is 2.30. The van der Waals surface area contributed by atoms with Crippen LogP contribution in [0.1, 0.15) is 46.0 Å². The third-order valence-electron chi connectivity index (χ3n) is 3.57. The predicted octanol–water partition coefficient (Wildman–Crippen LogP) is 2.46. The summed E-state index contributed by atoms with van der Waals surface area (Å²) in [6, 6.07) is 0. The summed E-state index contributed by atoms with van der Waals surface area (Å²) in [6.45, 7) is 4.61. The highest BCUT2D eigenvalue weighted by atomic mass is 32.2. The molecule has 0 aromatic heterocycles. The fraction of sp³-hybridized carbons (Fsp3) is 1.00. The van der Waals surface area contributed by atoms with Crippen LogP contribution in [0.2, 0.25) is 0 Å². The van der Waals surface area contributed by atoms with E-state index in [4.69, 9.17) is 5.14 Å². The molecule has 0 amide bonds. The van der Waals surface area contributed by atoms with Crippen molar-refractivity contribution in [1.82, 2.24) is 0 Å². The van der Waals surface area contributed by atoms with Crippen LogP contribution in [-0.4, -0.2) is 10.3 Å². The van der Waals surface area contributed by atoms with E-state index >= 15 is 0 Å². The minimum absolute atomic E-state index is 0.587. The van der Waals surface area contributed by atoms with Crippen molar-refractivity contribution in [3.8, 4) is 0 Å². The number of nitrogens with two attached hydrogens (primary N) is 1. The smallest absolute Gasteiger partial charge is 0.128 e. The zero-order valence-corrected chi connectivity index (χ0v) is 10.2. The molecule has 1 rings (SSSR count). The second-order valence-electron chi connectivity index (χ2n) is 4.90. The first kappa shape index (κ1) is 12.3.